The Balaban J connectivity index is 0.00000225. The highest BCUT2D eigenvalue weighted by Gasteiger charge is 2.51. The van der Waals surface area contributed by atoms with Gasteiger partial charge in [0.15, 0.2) is 0 Å². The molecule has 25 heavy (non-hydrogen) atoms. The Hall–Kier alpha value is -1.01. The molecule has 0 heterocycles. The van der Waals surface area contributed by atoms with Crippen molar-refractivity contribution in [2.45, 2.75) is 69.9 Å². The molecule has 0 atom stereocenters. The van der Waals surface area contributed by atoms with Crippen LogP contribution < -0.4 is 21.7 Å². The average molecular weight is 373 g/mol. The molecule has 144 valence electrons. The van der Waals surface area contributed by atoms with Gasteiger partial charge in [0, 0.05) is 30.6 Å². The van der Waals surface area contributed by atoms with E-state index >= 15 is 0 Å². The van der Waals surface area contributed by atoms with Gasteiger partial charge in [0.25, 0.3) is 0 Å². The van der Waals surface area contributed by atoms with Gasteiger partial charge < -0.3 is 21.7 Å². The van der Waals surface area contributed by atoms with Gasteiger partial charge in [-0.1, -0.05) is 0 Å². The van der Waals surface area contributed by atoms with Crippen LogP contribution in [0.15, 0.2) is 0 Å². The first-order chi connectivity index (χ1) is 11.3. The molecule has 0 aliphatic heterocycles. The molecule has 4 aliphatic rings. The average Bonchev–Trinajstić information content (AvgIpc) is 2.44. The first-order valence-corrected chi connectivity index (χ1v) is 9.36. The van der Waals surface area contributed by atoms with Crippen LogP contribution in [0, 0.1) is 17.8 Å². The Bertz CT molecular complexity index is 474. The van der Waals surface area contributed by atoms with Gasteiger partial charge in [-0.3, -0.25) is 4.79 Å². The zero-order chi connectivity index (χ0) is 17.4. The summed E-state index contributed by atoms with van der Waals surface area (Å²) in [5, 5.41) is 8.98. The van der Waals surface area contributed by atoms with E-state index in [2.05, 4.69) is 16.0 Å². The molecule has 5 N–H and O–H groups in total. The summed E-state index contributed by atoms with van der Waals surface area (Å²) in [6.07, 6.45) is 7.77. The van der Waals surface area contributed by atoms with Crippen molar-refractivity contribution in [3.8, 4) is 0 Å². The minimum atomic E-state index is -0.404. The van der Waals surface area contributed by atoms with Crippen LogP contribution in [0.3, 0.4) is 0 Å². The summed E-state index contributed by atoms with van der Waals surface area (Å²) in [5.74, 6) is 2.34. The second kappa shape index (κ2) is 7.70. The predicted molar refractivity (Wildman–Crippen MR) is 101 cm³/mol. The largest absolute Gasteiger partial charge is 0.350 e. The lowest BCUT2D eigenvalue weighted by Crippen LogP contribution is -2.61. The van der Waals surface area contributed by atoms with E-state index in [1.165, 1.54) is 19.3 Å². The highest BCUT2D eigenvalue weighted by molar-refractivity contribution is 5.85. The summed E-state index contributed by atoms with van der Waals surface area (Å²) < 4.78 is 0. The first-order valence-electron chi connectivity index (χ1n) is 9.36. The Morgan fingerprint density at radius 2 is 1.60 bits per heavy atom. The Labute approximate surface area is 156 Å². The smallest absolute Gasteiger partial charge is 0.315 e. The lowest BCUT2D eigenvalue weighted by Gasteiger charge is -2.56. The van der Waals surface area contributed by atoms with Gasteiger partial charge in [0.1, 0.15) is 0 Å². The van der Waals surface area contributed by atoms with Gasteiger partial charge in [-0.2, -0.15) is 0 Å². The second-order valence-electron chi connectivity index (χ2n) is 8.96. The van der Waals surface area contributed by atoms with Crippen molar-refractivity contribution in [1.29, 1.82) is 0 Å². The normalized spacial score (nSPS) is 32.7. The third-order valence-electron chi connectivity index (χ3n) is 6.04. The zero-order valence-electron chi connectivity index (χ0n) is 15.4. The first kappa shape index (κ1) is 20.3. The van der Waals surface area contributed by atoms with E-state index in [9.17, 15) is 9.59 Å². The maximum atomic E-state index is 12.3. The molecule has 4 saturated carbocycles. The lowest BCUT2D eigenvalue weighted by molar-refractivity contribution is -0.122. The molecule has 0 aromatic carbocycles. The third-order valence-corrected chi connectivity index (χ3v) is 6.04. The third kappa shape index (κ3) is 5.00. The number of nitrogens with one attached hydrogen (secondary N) is 3. The SMILES string of the molecule is CC(C)(CN)NC(=O)CCNC(=O)NC12CC3CC(CC(C3)C1)C2.Cl. The summed E-state index contributed by atoms with van der Waals surface area (Å²) in [5.41, 5.74) is 5.21. The molecular weight excluding hydrogens is 340 g/mol. The van der Waals surface area contributed by atoms with E-state index in [4.69, 9.17) is 5.73 Å². The predicted octanol–water partition coefficient (Wildman–Crippen LogP) is 1.92. The van der Waals surface area contributed by atoms with Crippen LogP contribution in [0.1, 0.15) is 58.8 Å². The van der Waals surface area contributed by atoms with Gasteiger partial charge in [-0.25, -0.2) is 4.79 Å². The number of hydrogen-bond donors (Lipinski definition) is 4. The van der Waals surface area contributed by atoms with Gasteiger partial charge in [0.05, 0.1) is 0 Å². The fraction of sp³-hybridized carbons (Fsp3) is 0.889. The summed E-state index contributed by atoms with van der Waals surface area (Å²) in [6, 6.07) is -0.122. The van der Waals surface area contributed by atoms with Crippen molar-refractivity contribution in [1.82, 2.24) is 16.0 Å². The fourth-order valence-corrected chi connectivity index (χ4v) is 5.33. The summed E-state index contributed by atoms with van der Waals surface area (Å²) in [6.45, 7) is 4.51. The molecule has 4 aliphatic carbocycles. The molecule has 3 amide bonds. The number of nitrogens with two attached hydrogens (primary N) is 1. The molecule has 7 heteroatoms. The number of amides is 3. The van der Waals surface area contributed by atoms with Crippen molar-refractivity contribution in [2.24, 2.45) is 23.5 Å². The number of rotatable bonds is 6. The van der Waals surface area contributed by atoms with Crippen LogP contribution in [0.2, 0.25) is 0 Å². The van der Waals surface area contributed by atoms with Crippen LogP contribution in [-0.2, 0) is 4.79 Å². The van der Waals surface area contributed by atoms with E-state index in [0.29, 0.717) is 13.1 Å². The molecule has 6 nitrogen and oxygen atoms in total. The van der Waals surface area contributed by atoms with Gasteiger partial charge >= 0.3 is 6.03 Å². The summed E-state index contributed by atoms with van der Waals surface area (Å²) in [7, 11) is 0. The van der Waals surface area contributed by atoms with Crippen LogP contribution in [0.4, 0.5) is 4.79 Å². The Morgan fingerprint density at radius 3 is 2.08 bits per heavy atom. The number of urea groups is 1. The minimum absolute atomic E-state index is 0. The summed E-state index contributed by atoms with van der Waals surface area (Å²) in [4.78, 5) is 24.1. The number of hydrogen-bond acceptors (Lipinski definition) is 3. The molecule has 0 aromatic heterocycles. The number of carbonyl (C=O) groups excluding carboxylic acids is 2. The van der Waals surface area contributed by atoms with Gasteiger partial charge in [-0.05, 0) is 70.1 Å². The van der Waals surface area contributed by atoms with Crippen molar-refractivity contribution < 1.29 is 9.59 Å². The molecule has 4 rings (SSSR count). The highest BCUT2D eigenvalue weighted by atomic mass is 35.5. The van der Waals surface area contributed by atoms with E-state index in [-0.39, 0.29) is 36.3 Å². The maximum absolute atomic E-state index is 12.3. The van der Waals surface area contributed by atoms with Crippen LogP contribution in [0.25, 0.3) is 0 Å². The van der Waals surface area contributed by atoms with Gasteiger partial charge in [0.2, 0.25) is 5.91 Å². The van der Waals surface area contributed by atoms with E-state index in [1.54, 1.807) is 0 Å². The Morgan fingerprint density at radius 1 is 1.08 bits per heavy atom. The highest BCUT2D eigenvalue weighted by Crippen LogP contribution is 2.55. The molecule has 4 fully saturated rings. The molecule has 0 spiro atoms. The molecule has 0 saturated heterocycles. The number of carbonyl (C=O) groups is 2. The van der Waals surface area contributed by atoms with E-state index in [1.807, 2.05) is 13.8 Å². The summed E-state index contributed by atoms with van der Waals surface area (Å²) >= 11 is 0. The quantitative estimate of drug-likeness (QED) is 0.573. The lowest BCUT2D eigenvalue weighted by atomic mass is 9.53. The van der Waals surface area contributed by atoms with E-state index < -0.39 is 5.54 Å². The fourth-order valence-electron chi connectivity index (χ4n) is 5.33. The monoisotopic (exact) mass is 372 g/mol. The van der Waals surface area contributed by atoms with Crippen molar-refractivity contribution in [3.63, 3.8) is 0 Å². The molecule has 0 radical (unpaired) electrons. The molecule has 0 unspecified atom stereocenters. The minimum Gasteiger partial charge on any atom is -0.350 e. The molecule has 0 aromatic rings. The van der Waals surface area contributed by atoms with Gasteiger partial charge in [-0.15, -0.1) is 12.4 Å². The molecule has 4 bridgehead atoms. The van der Waals surface area contributed by atoms with Crippen LogP contribution >= 0.6 is 12.4 Å². The van der Waals surface area contributed by atoms with Crippen LogP contribution in [0.5, 0.6) is 0 Å². The standard InChI is InChI=1S/C18H32N4O2.ClH/c1-17(2,11-19)21-15(23)3-4-20-16(24)22-18-8-12-5-13(9-18)7-14(6-12)10-18;/h12-14H,3-11,19H2,1-2H3,(H,21,23)(H2,20,22,24);1H. The Kier molecular flexibility index (Phi) is 6.26. The number of halogens is 1. The second-order valence-corrected chi connectivity index (χ2v) is 8.96. The topological polar surface area (TPSA) is 96.2 Å². The molecular formula is C18H33ClN4O2. The van der Waals surface area contributed by atoms with Crippen molar-refractivity contribution >= 4 is 24.3 Å². The van der Waals surface area contributed by atoms with Crippen molar-refractivity contribution in [3.05, 3.63) is 0 Å². The van der Waals surface area contributed by atoms with Crippen LogP contribution in [-0.4, -0.2) is 36.1 Å². The van der Waals surface area contributed by atoms with Crippen molar-refractivity contribution in [2.75, 3.05) is 13.1 Å². The maximum Gasteiger partial charge on any atom is 0.315 e. The zero-order valence-corrected chi connectivity index (χ0v) is 16.2. The van der Waals surface area contributed by atoms with E-state index in [0.717, 1.165) is 37.0 Å².